The summed E-state index contributed by atoms with van der Waals surface area (Å²) in [6, 6.07) is 48.7. The van der Waals surface area contributed by atoms with E-state index in [1.54, 1.807) is 10.4 Å². The Morgan fingerprint density at radius 3 is 1.70 bits per heavy atom. The average molecular weight is 446 g/mol. The van der Waals surface area contributed by atoms with Gasteiger partial charge in [0.2, 0.25) is 0 Å². The summed E-state index contributed by atoms with van der Waals surface area (Å²) in [5.41, 5.74) is 2.96. The predicted octanol–water partition coefficient (Wildman–Crippen LogP) is 5.55. The summed E-state index contributed by atoms with van der Waals surface area (Å²) >= 11 is 0. The molecule has 2 fully saturated rings. The largest absolute Gasteiger partial charge is 0.295 e. The molecule has 1 nitrogen and oxygen atoms in total. The maximum Gasteiger partial charge on any atom is 0.120 e. The van der Waals surface area contributed by atoms with Crippen molar-refractivity contribution in [1.29, 1.82) is 0 Å². The lowest BCUT2D eigenvalue weighted by molar-refractivity contribution is 0.246. The Kier molecular flexibility index (Phi) is 5.49. The molecule has 2 aliphatic heterocycles. The molecule has 0 bridgehead atoms. The minimum atomic E-state index is -1.86. The molecule has 0 spiro atoms. The van der Waals surface area contributed by atoms with Crippen LogP contribution >= 0.6 is 0 Å². The normalized spacial score (nSPS) is 23.9. The molecule has 0 aromatic heterocycles. The molecule has 6 rings (SSSR count). The molecule has 4 aromatic rings. The number of hydrogen-bond acceptors (Lipinski definition) is 1. The third-order valence-corrected chi connectivity index (χ3v) is 13.3. The number of nitrogens with zero attached hydrogens (tertiary/aromatic N) is 1. The fourth-order valence-corrected chi connectivity index (χ4v) is 12.4. The molecule has 33 heavy (non-hydrogen) atoms. The van der Waals surface area contributed by atoms with Crippen LogP contribution in [0.25, 0.3) is 0 Å². The minimum Gasteiger partial charge on any atom is -0.295 e. The molecule has 3 atom stereocenters. The minimum absolute atomic E-state index is 0.613. The zero-order valence-electron chi connectivity index (χ0n) is 19.1. The molecule has 0 aliphatic carbocycles. The zero-order chi connectivity index (χ0) is 22.1. The molecule has 2 heterocycles. The number of benzene rings is 4. The van der Waals surface area contributed by atoms with Crippen molar-refractivity contribution in [3.8, 4) is 0 Å². The molecular weight excluding hydrogens is 414 g/mol. The van der Waals surface area contributed by atoms with Gasteiger partial charge < -0.3 is 0 Å². The fourth-order valence-electron chi connectivity index (χ4n) is 6.67. The van der Waals surface area contributed by atoms with Crippen molar-refractivity contribution in [2.24, 2.45) is 5.92 Å². The molecule has 2 aliphatic rings. The maximum atomic E-state index is 2.82. The standard InChI is InChI=1S/C31H31NSi/c1-5-13-25(14-6-1)21-32-22-29(26-15-7-2-8-16-26)30-23-33(24-31(30)32,27-17-9-3-10-18-27)28-19-11-4-12-20-28/h1-20,29-31H,21-24H2/t29-,30-,31-/m0/s1. The Hall–Kier alpha value is -2.94. The molecule has 0 unspecified atom stereocenters. The Balaban J connectivity index is 1.43. The van der Waals surface area contributed by atoms with Gasteiger partial charge >= 0.3 is 0 Å². The molecule has 0 radical (unpaired) electrons. The van der Waals surface area contributed by atoms with Gasteiger partial charge in [0.05, 0.1) is 0 Å². The van der Waals surface area contributed by atoms with E-state index in [2.05, 4.69) is 126 Å². The van der Waals surface area contributed by atoms with Crippen LogP contribution in [0.15, 0.2) is 121 Å². The second-order valence-electron chi connectivity index (χ2n) is 9.89. The van der Waals surface area contributed by atoms with Gasteiger partial charge in [0.25, 0.3) is 0 Å². The van der Waals surface area contributed by atoms with E-state index in [9.17, 15) is 0 Å². The molecule has 0 saturated carbocycles. The van der Waals surface area contributed by atoms with E-state index in [1.165, 1.54) is 29.8 Å². The van der Waals surface area contributed by atoms with Crippen LogP contribution in [0.4, 0.5) is 0 Å². The first-order valence-corrected chi connectivity index (χ1v) is 14.7. The summed E-state index contributed by atoms with van der Waals surface area (Å²) < 4.78 is 0. The molecule has 2 heteroatoms. The van der Waals surface area contributed by atoms with E-state index in [0.717, 1.165) is 6.54 Å². The molecule has 0 N–H and O–H groups in total. The average Bonchev–Trinajstić information content (AvgIpc) is 3.44. The van der Waals surface area contributed by atoms with Crippen molar-refractivity contribution in [2.45, 2.75) is 30.6 Å². The first kappa shape index (κ1) is 20.6. The van der Waals surface area contributed by atoms with Crippen molar-refractivity contribution < 1.29 is 0 Å². The summed E-state index contributed by atoms with van der Waals surface area (Å²) in [6.07, 6.45) is 0. The van der Waals surface area contributed by atoms with Gasteiger partial charge in [-0.25, -0.2) is 0 Å². The molecular formula is C31H31NSi. The number of hydrogen-bond donors (Lipinski definition) is 0. The van der Waals surface area contributed by atoms with E-state index in [-0.39, 0.29) is 0 Å². The summed E-state index contributed by atoms with van der Waals surface area (Å²) in [4.78, 5) is 2.82. The number of likely N-dealkylation sites (tertiary alicyclic amines) is 1. The summed E-state index contributed by atoms with van der Waals surface area (Å²) in [6.45, 7) is 2.22. The van der Waals surface area contributed by atoms with Gasteiger partial charge in [0.15, 0.2) is 0 Å². The van der Waals surface area contributed by atoms with Gasteiger partial charge in [-0.1, -0.05) is 132 Å². The van der Waals surface area contributed by atoms with E-state index in [4.69, 9.17) is 0 Å². The van der Waals surface area contributed by atoms with Crippen molar-refractivity contribution in [2.75, 3.05) is 6.54 Å². The Bertz CT molecular complexity index is 1140. The highest BCUT2D eigenvalue weighted by atomic mass is 28.3. The molecule has 164 valence electrons. The fraction of sp³-hybridized carbons (Fsp3) is 0.226. The molecule has 0 amide bonds. The third-order valence-electron chi connectivity index (χ3n) is 8.16. The van der Waals surface area contributed by atoms with Gasteiger partial charge in [-0.15, -0.1) is 0 Å². The van der Waals surface area contributed by atoms with E-state index < -0.39 is 8.07 Å². The van der Waals surface area contributed by atoms with Crippen molar-refractivity contribution in [3.05, 3.63) is 132 Å². The highest BCUT2D eigenvalue weighted by Crippen LogP contribution is 2.50. The zero-order valence-corrected chi connectivity index (χ0v) is 20.1. The first-order valence-electron chi connectivity index (χ1n) is 12.3. The van der Waals surface area contributed by atoms with Crippen LogP contribution < -0.4 is 10.4 Å². The summed E-state index contributed by atoms with van der Waals surface area (Å²) in [5, 5.41) is 3.22. The number of fused-ring (bicyclic) bond motifs is 1. The Morgan fingerprint density at radius 1 is 0.606 bits per heavy atom. The van der Waals surface area contributed by atoms with Gasteiger partial charge in [-0.05, 0) is 29.1 Å². The highest BCUT2D eigenvalue weighted by Gasteiger charge is 2.56. The lowest BCUT2D eigenvalue weighted by atomic mass is 9.87. The van der Waals surface area contributed by atoms with Gasteiger partial charge in [-0.2, -0.15) is 0 Å². The second kappa shape index (κ2) is 8.77. The SMILES string of the molecule is c1ccc(CN2C[C@@H](c3ccccc3)[C@@H]3C[Si](c4ccccc4)(c4ccccc4)C[C@@H]32)cc1. The van der Waals surface area contributed by atoms with Crippen molar-refractivity contribution in [1.82, 2.24) is 4.90 Å². The monoisotopic (exact) mass is 445 g/mol. The second-order valence-corrected chi connectivity index (χ2v) is 14.0. The first-order chi connectivity index (χ1) is 16.3. The van der Waals surface area contributed by atoms with Gasteiger partial charge in [0, 0.05) is 25.0 Å². The van der Waals surface area contributed by atoms with Crippen LogP contribution in [0.3, 0.4) is 0 Å². The maximum absolute atomic E-state index is 2.82. The van der Waals surface area contributed by atoms with Crippen LogP contribution in [-0.2, 0) is 6.54 Å². The quantitative estimate of drug-likeness (QED) is 0.364. The third kappa shape index (κ3) is 3.78. The van der Waals surface area contributed by atoms with Crippen LogP contribution in [0.5, 0.6) is 0 Å². The number of rotatable bonds is 5. The highest BCUT2D eigenvalue weighted by molar-refractivity contribution is 7.03. The molecule has 2 saturated heterocycles. The van der Waals surface area contributed by atoms with E-state index in [0.29, 0.717) is 17.9 Å². The Morgan fingerprint density at radius 2 is 1.12 bits per heavy atom. The molecule has 4 aromatic carbocycles. The summed E-state index contributed by atoms with van der Waals surface area (Å²) in [5.74, 6) is 1.32. The van der Waals surface area contributed by atoms with Crippen molar-refractivity contribution >= 4 is 18.4 Å². The van der Waals surface area contributed by atoms with Crippen LogP contribution in [-0.4, -0.2) is 25.6 Å². The van der Waals surface area contributed by atoms with E-state index >= 15 is 0 Å². The Labute approximate surface area is 198 Å². The van der Waals surface area contributed by atoms with Crippen LogP contribution in [0.1, 0.15) is 17.0 Å². The van der Waals surface area contributed by atoms with Crippen molar-refractivity contribution in [3.63, 3.8) is 0 Å². The van der Waals surface area contributed by atoms with E-state index in [1.807, 2.05) is 0 Å². The lowest BCUT2D eigenvalue weighted by Gasteiger charge is -2.32. The smallest absolute Gasteiger partial charge is 0.120 e. The topological polar surface area (TPSA) is 3.24 Å². The van der Waals surface area contributed by atoms with Crippen LogP contribution in [0, 0.1) is 5.92 Å². The van der Waals surface area contributed by atoms with Crippen LogP contribution in [0.2, 0.25) is 12.1 Å². The predicted molar refractivity (Wildman–Crippen MR) is 141 cm³/mol. The lowest BCUT2D eigenvalue weighted by Crippen LogP contribution is -2.57. The van der Waals surface area contributed by atoms with Gasteiger partial charge in [0.1, 0.15) is 8.07 Å². The summed E-state index contributed by atoms with van der Waals surface area (Å²) in [7, 11) is -1.86. The van der Waals surface area contributed by atoms with Gasteiger partial charge in [-0.3, -0.25) is 4.90 Å².